The molecule has 82 valence electrons. The number of carbonyl (C=O) groups is 1. The first-order valence-electron chi connectivity index (χ1n) is 5.13. The van der Waals surface area contributed by atoms with Gasteiger partial charge >= 0.3 is 0 Å². The van der Waals surface area contributed by atoms with E-state index >= 15 is 0 Å². The number of carbonyl (C=O) groups excluding carboxylic acids is 1. The van der Waals surface area contributed by atoms with E-state index in [1.165, 1.54) is 0 Å². The van der Waals surface area contributed by atoms with Crippen molar-refractivity contribution in [3.8, 4) is 0 Å². The number of likely N-dealkylation sites (tertiary alicyclic amines) is 1. The molecule has 1 amide bonds. The van der Waals surface area contributed by atoms with Gasteiger partial charge in [-0.3, -0.25) is 9.48 Å². The highest BCUT2D eigenvalue weighted by Crippen LogP contribution is 2.14. The molecule has 1 saturated heterocycles. The van der Waals surface area contributed by atoms with E-state index in [2.05, 4.69) is 5.10 Å². The van der Waals surface area contributed by atoms with E-state index in [0.29, 0.717) is 12.1 Å². The number of nitrogens with two attached hydrogens (primary N) is 1. The average molecular weight is 208 g/mol. The summed E-state index contributed by atoms with van der Waals surface area (Å²) in [5, 5.41) is 4.07. The molecular formula is C10H16N4O. The minimum atomic E-state index is 0.0496. The van der Waals surface area contributed by atoms with E-state index in [1.807, 2.05) is 14.0 Å². The first-order chi connectivity index (χ1) is 7.09. The van der Waals surface area contributed by atoms with Crippen LogP contribution in [-0.2, 0) is 7.05 Å². The third kappa shape index (κ3) is 1.74. The molecule has 0 aromatic carbocycles. The van der Waals surface area contributed by atoms with E-state index in [0.717, 1.165) is 18.7 Å². The quantitative estimate of drug-likeness (QED) is 0.701. The molecule has 0 spiro atoms. The second kappa shape index (κ2) is 3.66. The van der Waals surface area contributed by atoms with Crippen LogP contribution in [0.15, 0.2) is 6.20 Å². The molecule has 2 rings (SSSR count). The Hall–Kier alpha value is -1.36. The van der Waals surface area contributed by atoms with Crippen molar-refractivity contribution in [2.75, 3.05) is 13.1 Å². The van der Waals surface area contributed by atoms with Crippen molar-refractivity contribution in [2.24, 2.45) is 12.8 Å². The molecule has 1 atom stereocenters. The van der Waals surface area contributed by atoms with Crippen molar-refractivity contribution in [1.29, 1.82) is 0 Å². The van der Waals surface area contributed by atoms with Crippen molar-refractivity contribution in [2.45, 2.75) is 19.4 Å². The molecule has 0 radical (unpaired) electrons. The van der Waals surface area contributed by atoms with Crippen LogP contribution in [0.25, 0.3) is 0 Å². The lowest BCUT2D eigenvalue weighted by molar-refractivity contribution is 0.0790. The van der Waals surface area contributed by atoms with Gasteiger partial charge in [-0.2, -0.15) is 5.10 Å². The van der Waals surface area contributed by atoms with Crippen molar-refractivity contribution in [3.63, 3.8) is 0 Å². The van der Waals surface area contributed by atoms with Gasteiger partial charge in [-0.1, -0.05) is 0 Å². The summed E-state index contributed by atoms with van der Waals surface area (Å²) in [5.74, 6) is 0.0496. The van der Waals surface area contributed by atoms with Gasteiger partial charge in [0.25, 0.3) is 5.91 Å². The smallest absolute Gasteiger partial charge is 0.257 e. The Bertz CT molecular complexity index is 385. The summed E-state index contributed by atoms with van der Waals surface area (Å²) in [7, 11) is 1.84. The fourth-order valence-electron chi connectivity index (χ4n) is 1.85. The van der Waals surface area contributed by atoms with Crippen LogP contribution in [0, 0.1) is 6.92 Å². The summed E-state index contributed by atoms with van der Waals surface area (Å²) in [6.45, 7) is 3.32. The summed E-state index contributed by atoms with van der Waals surface area (Å²) >= 11 is 0. The molecule has 2 N–H and O–H groups in total. The second-order valence-corrected chi connectivity index (χ2v) is 4.07. The van der Waals surface area contributed by atoms with Gasteiger partial charge < -0.3 is 10.6 Å². The first-order valence-corrected chi connectivity index (χ1v) is 5.13. The molecule has 1 aliphatic heterocycles. The zero-order chi connectivity index (χ0) is 11.0. The van der Waals surface area contributed by atoms with Crippen molar-refractivity contribution >= 4 is 5.91 Å². The topological polar surface area (TPSA) is 64.2 Å². The minimum absolute atomic E-state index is 0.0496. The Kier molecular flexibility index (Phi) is 2.48. The van der Waals surface area contributed by atoms with Gasteiger partial charge in [0, 0.05) is 31.9 Å². The lowest BCUT2D eigenvalue weighted by Crippen LogP contribution is -2.32. The third-order valence-corrected chi connectivity index (χ3v) is 2.98. The van der Waals surface area contributed by atoms with Gasteiger partial charge in [-0.25, -0.2) is 0 Å². The zero-order valence-electron chi connectivity index (χ0n) is 9.10. The zero-order valence-corrected chi connectivity index (χ0v) is 9.10. The van der Waals surface area contributed by atoms with Crippen molar-refractivity contribution < 1.29 is 4.79 Å². The van der Waals surface area contributed by atoms with Crippen molar-refractivity contribution in [1.82, 2.24) is 14.7 Å². The Morgan fingerprint density at radius 2 is 2.40 bits per heavy atom. The first kappa shape index (κ1) is 10.2. The summed E-state index contributed by atoms with van der Waals surface area (Å²) in [6.07, 6.45) is 2.52. The van der Waals surface area contributed by atoms with Crippen LogP contribution in [0.3, 0.4) is 0 Å². The maximum atomic E-state index is 12.0. The molecular weight excluding hydrogens is 192 g/mol. The van der Waals surface area contributed by atoms with E-state index in [4.69, 9.17) is 5.73 Å². The molecule has 5 heteroatoms. The lowest BCUT2D eigenvalue weighted by atomic mass is 10.2. The summed E-state index contributed by atoms with van der Waals surface area (Å²) in [5.41, 5.74) is 7.36. The molecule has 1 fully saturated rings. The van der Waals surface area contributed by atoms with E-state index in [1.54, 1.807) is 15.8 Å². The number of rotatable bonds is 1. The van der Waals surface area contributed by atoms with Gasteiger partial charge in [-0.05, 0) is 13.3 Å². The van der Waals surface area contributed by atoms with Gasteiger partial charge in [0.15, 0.2) is 0 Å². The summed E-state index contributed by atoms with van der Waals surface area (Å²) in [6, 6.07) is 0.130. The highest BCUT2D eigenvalue weighted by Gasteiger charge is 2.26. The lowest BCUT2D eigenvalue weighted by Gasteiger charge is -2.15. The predicted molar refractivity (Wildman–Crippen MR) is 56.4 cm³/mol. The Labute approximate surface area is 88.8 Å². The maximum absolute atomic E-state index is 12.0. The van der Waals surface area contributed by atoms with Gasteiger partial charge in [0.05, 0.1) is 11.8 Å². The molecule has 5 nitrogen and oxygen atoms in total. The summed E-state index contributed by atoms with van der Waals surface area (Å²) < 4.78 is 1.71. The van der Waals surface area contributed by atoms with Crippen LogP contribution in [-0.4, -0.2) is 39.7 Å². The largest absolute Gasteiger partial charge is 0.337 e. The standard InChI is InChI=1S/C10H16N4O/c1-7-9(5-12-13(7)2)10(15)14-4-3-8(11)6-14/h5,8H,3-4,6,11H2,1-2H3/t8-/m0/s1. The molecule has 0 saturated carbocycles. The number of hydrogen-bond acceptors (Lipinski definition) is 3. The number of nitrogens with zero attached hydrogens (tertiary/aromatic N) is 3. The van der Waals surface area contributed by atoms with E-state index in [9.17, 15) is 4.79 Å². The third-order valence-electron chi connectivity index (χ3n) is 2.98. The van der Waals surface area contributed by atoms with Gasteiger partial charge in [0.2, 0.25) is 0 Å². The highest BCUT2D eigenvalue weighted by atomic mass is 16.2. The van der Waals surface area contributed by atoms with E-state index < -0.39 is 0 Å². The molecule has 1 aliphatic rings. The Balaban J connectivity index is 2.18. The number of aryl methyl sites for hydroxylation is 1. The predicted octanol–water partition coefficient (Wildman–Crippen LogP) is -0.0983. The average Bonchev–Trinajstić information content (AvgIpc) is 2.75. The molecule has 15 heavy (non-hydrogen) atoms. The number of aromatic nitrogens is 2. The molecule has 0 unspecified atom stereocenters. The van der Waals surface area contributed by atoms with Crippen LogP contribution >= 0.6 is 0 Å². The minimum Gasteiger partial charge on any atom is -0.337 e. The molecule has 1 aromatic rings. The Morgan fingerprint density at radius 3 is 2.87 bits per heavy atom. The van der Waals surface area contributed by atoms with Crippen LogP contribution in [0.2, 0.25) is 0 Å². The van der Waals surface area contributed by atoms with Crippen molar-refractivity contribution in [3.05, 3.63) is 17.5 Å². The maximum Gasteiger partial charge on any atom is 0.257 e. The fourth-order valence-corrected chi connectivity index (χ4v) is 1.85. The van der Waals surface area contributed by atoms with Gasteiger partial charge in [0.1, 0.15) is 0 Å². The Morgan fingerprint density at radius 1 is 1.67 bits per heavy atom. The molecule has 2 heterocycles. The molecule has 0 aliphatic carbocycles. The molecule has 0 bridgehead atoms. The van der Waals surface area contributed by atoms with Crippen LogP contribution in [0.5, 0.6) is 0 Å². The van der Waals surface area contributed by atoms with Crippen LogP contribution in [0.1, 0.15) is 22.5 Å². The highest BCUT2D eigenvalue weighted by molar-refractivity contribution is 5.95. The van der Waals surface area contributed by atoms with Gasteiger partial charge in [-0.15, -0.1) is 0 Å². The van der Waals surface area contributed by atoms with Crippen LogP contribution in [0.4, 0.5) is 0 Å². The monoisotopic (exact) mass is 208 g/mol. The van der Waals surface area contributed by atoms with E-state index in [-0.39, 0.29) is 11.9 Å². The van der Waals surface area contributed by atoms with Crippen LogP contribution < -0.4 is 5.73 Å². The SMILES string of the molecule is Cc1c(C(=O)N2CC[C@H](N)C2)cnn1C. The fraction of sp³-hybridized carbons (Fsp3) is 0.600. The molecule has 1 aromatic heterocycles. The second-order valence-electron chi connectivity index (χ2n) is 4.07. The number of hydrogen-bond donors (Lipinski definition) is 1. The number of amides is 1. The normalized spacial score (nSPS) is 21.0. The summed E-state index contributed by atoms with van der Waals surface area (Å²) in [4.78, 5) is 13.8.